The minimum Gasteiger partial charge on any atom is -0.478 e. The molecule has 0 fully saturated rings. The number of rotatable bonds is 6. The molecule has 3 N–H and O–H groups in total. The van der Waals surface area contributed by atoms with E-state index < -0.39 is 11.9 Å². The number of hydrogen-bond donors (Lipinski definition) is 3. The fraction of sp³-hybridized carbons (Fsp3) is 0.304. The van der Waals surface area contributed by atoms with E-state index >= 15 is 0 Å². The molecule has 1 aliphatic rings. The largest absolute Gasteiger partial charge is 0.478 e. The number of carbonyl (C=O) groups excluding carboxylic acids is 2. The smallest absolute Gasteiger partial charge is 0.331 e. The topological polar surface area (TPSA) is 108 Å². The summed E-state index contributed by atoms with van der Waals surface area (Å²) in [5, 5.41) is 14.9. The minimum atomic E-state index is -0.982. The molecule has 2 amide bonds. The Morgan fingerprint density at radius 1 is 1.17 bits per heavy atom. The van der Waals surface area contributed by atoms with E-state index in [4.69, 9.17) is 0 Å². The van der Waals surface area contributed by atoms with Gasteiger partial charge in [-0.1, -0.05) is 26.0 Å². The van der Waals surface area contributed by atoms with Gasteiger partial charge in [0.05, 0.1) is 0 Å². The number of aromatic nitrogens is 1. The Hall–Kier alpha value is -3.48. The quantitative estimate of drug-likeness (QED) is 0.680. The molecule has 1 aromatic heterocycles. The van der Waals surface area contributed by atoms with E-state index in [0.717, 1.165) is 5.56 Å². The summed E-state index contributed by atoms with van der Waals surface area (Å²) in [6.07, 6.45) is 5.79. The maximum atomic E-state index is 12.8. The molecular formula is C23H25N3O4. The fourth-order valence-corrected chi connectivity index (χ4v) is 3.45. The average molecular weight is 407 g/mol. The van der Waals surface area contributed by atoms with Crippen LogP contribution in [0.4, 0.5) is 5.69 Å². The monoisotopic (exact) mass is 407 g/mol. The lowest BCUT2D eigenvalue weighted by Crippen LogP contribution is -2.38. The number of aliphatic carboxylic acids is 1. The Kier molecular flexibility index (Phi) is 6.30. The van der Waals surface area contributed by atoms with Crippen LogP contribution >= 0.6 is 0 Å². The van der Waals surface area contributed by atoms with Crippen molar-refractivity contribution in [1.29, 1.82) is 0 Å². The van der Waals surface area contributed by atoms with Crippen molar-refractivity contribution in [3.8, 4) is 0 Å². The van der Waals surface area contributed by atoms with Crippen LogP contribution in [0, 0.1) is 11.3 Å². The van der Waals surface area contributed by atoms with Crippen molar-refractivity contribution in [2.24, 2.45) is 11.3 Å². The first-order valence-corrected chi connectivity index (χ1v) is 9.76. The Balaban J connectivity index is 1.61. The minimum absolute atomic E-state index is 0.197. The number of carboxylic acids is 1. The molecule has 1 aromatic carbocycles. The number of anilines is 1. The first kappa shape index (κ1) is 21.2. The van der Waals surface area contributed by atoms with Crippen molar-refractivity contribution < 1.29 is 19.5 Å². The van der Waals surface area contributed by atoms with Gasteiger partial charge in [0.1, 0.15) is 0 Å². The number of pyridine rings is 1. The second-order valence-electron chi connectivity index (χ2n) is 8.09. The molecule has 0 aliphatic heterocycles. The lowest BCUT2D eigenvalue weighted by molar-refractivity contribution is -0.133. The number of carbonyl (C=O) groups is 3. The standard InChI is InChI=1S/C23H25N3O4/c1-23(2)10-9-17(22(29)30)12-19(23)21(28)26-18-7-5-16(6-8-18)20(27)25-14-15-4-3-11-24-13-15/h3-9,11,13,19H,10,12,14H2,1-2H3,(H,25,27)(H,26,28)(H,29,30). The molecule has 156 valence electrons. The summed E-state index contributed by atoms with van der Waals surface area (Å²) in [6, 6.07) is 10.3. The first-order valence-electron chi connectivity index (χ1n) is 9.76. The lowest BCUT2D eigenvalue weighted by Gasteiger charge is -2.36. The summed E-state index contributed by atoms with van der Waals surface area (Å²) in [5.41, 5.74) is 1.88. The van der Waals surface area contributed by atoms with Crippen LogP contribution in [0.1, 0.15) is 42.6 Å². The summed E-state index contributed by atoms with van der Waals surface area (Å²) < 4.78 is 0. The molecule has 7 heteroatoms. The Morgan fingerprint density at radius 3 is 2.53 bits per heavy atom. The molecule has 1 heterocycles. The summed E-state index contributed by atoms with van der Waals surface area (Å²) in [4.78, 5) is 40.4. The average Bonchev–Trinajstić information content (AvgIpc) is 2.72. The third kappa shape index (κ3) is 5.11. The highest BCUT2D eigenvalue weighted by atomic mass is 16.4. The lowest BCUT2D eigenvalue weighted by atomic mass is 9.69. The van der Waals surface area contributed by atoms with Gasteiger partial charge in [-0.2, -0.15) is 0 Å². The van der Waals surface area contributed by atoms with Gasteiger partial charge in [-0.15, -0.1) is 0 Å². The van der Waals surface area contributed by atoms with Gasteiger partial charge >= 0.3 is 5.97 Å². The molecule has 30 heavy (non-hydrogen) atoms. The molecule has 3 rings (SSSR count). The third-order valence-corrected chi connectivity index (χ3v) is 5.42. The van der Waals surface area contributed by atoms with Crippen LogP contribution < -0.4 is 10.6 Å². The first-order chi connectivity index (χ1) is 14.3. The summed E-state index contributed by atoms with van der Waals surface area (Å²) in [7, 11) is 0. The molecule has 1 unspecified atom stereocenters. The predicted molar refractivity (Wildman–Crippen MR) is 113 cm³/mol. The Labute approximate surface area is 175 Å². The number of allylic oxidation sites excluding steroid dienone is 1. The van der Waals surface area contributed by atoms with E-state index in [1.807, 2.05) is 26.0 Å². The molecular weight excluding hydrogens is 382 g/mol. The zero-order chi connectivity index (χ0) is 21.7. The SMILES string of the molecule is CC1(C)CC=C(C(=O)O)CC1C(=O)Nc1ccc(C(=O)NCc2cccnc2)cc1. The third-order valence-electron chi connectivity index (χ3n) is 5.42. The second kappa shape index (κ2) is 8.90. The van der Waals surface area contributed by atoms with Crippen molar-refractivity contribution in [3.05, 3.63) is 71.6 Å². The summed E-state index contributed by atoms with van der Waals surface area (Å²) >= 11 is 0. The van der Waals surface area contributed by atoms with E-state index in [1.54, 1.807) is 42.7 Å². The highest BCUT2D eigenvalue weighted by Gasteiger charge is 2.39. The zero-order valence-corrected chi connectivity index (χ0v) is 17.0. The summed E-state index contributed by atoms with van der Waals surface area (Å²) in [5.74, 6) is -1.87. The zero-order valence-electron chi connectivity index (χ0n) is 17.0. The van der Waals surface area contributed by atoms with E-state index in [1.165, 1.54) is 0 Å². The number of amides is 2. The van der Waals surface area contributed by atoms with Crippen LogP contribution in [0.25, 0.3) is 0 Å². The molecule has 7 nitrogen and oxygen atoms in total. The molecule has 0 radical (unpaired) electrons. The molecule has 0 bridgehead atoms. The highest BCUT2D eigenvalue weighted by Crippen LogP contribution is 2.40. The van der Waals surface area contributed by atoms with Crippen molar-refractivity contribution in [2.45, 2.75) is 33.2 Å². The number of nitrogens with one attached hydrogen (secondary N) is 2. The van der Waals surface area contributed by atoms with Crippen molar-refractivity contribution in [2.75, 3.05) is 5.32 Å². The molecule has 0 saturated heterocycles. The van der Waals surface area contributed by atoms with E-state index in [9.17, 15) is 19.5 Å². The van der Waals surface area contributed by atoms with Crippen LogP contribution in [0.2, 0.25) is 0 Å². The Morgan fingerprint density at radius 2 is 1.90 bits per heavy atom. The molecule has 2 aromatic rings. The highest BCUT2D eigenvalue weighted by molar-refractivity contribution is 5.97. The van der Waals surface area contributed by atoms with Gasteiger partial charge in [0.25, 0.3) is 5.91 Å². The van der Waals surface area contributed by atoms with E-state index in [-0.39, 0.29) is 29.2 Å². The van der Waals surface area contributed by atoms with E-state index in [2.05, 4.69) is 15.6 Å². The van der Waals surface area contributed by atoms with E-state index in [0.29, 0.717) is 24.2 Å². The fourth-order valence-electron chi connectivity index (χ4n) is 3.45. The number of carboxylic acid groups (broad SMARTS) is 1. The van der Waals surface area contributed by atoms with Gasteiger partial charge in [-0.05, 0) is 54.2 Å². The summed E-state index contributed by atoms with van der Waals surface area (Å²) in [6.45, 7) is 4.30. The van der Waals surface area contributed by atoms with Gasteiger partial charge in [-0.3, -0.25) is 14.6 Å². The van der Waals surface area contributed by atoms with Crippen LogP contribution in [-0.2, 0) is 16.1 Å². The van der Waals surface area contributed by atoms with Gasteiger partial charge in [0.2, 0.25) is 5.91 Å². The van der Waals surface area contributed by atoms with Crippen LogP contribution in [0.3, 0.4) is 0 Å². The van der Waals surface area contributed by atoms with Crippen molar-refractivity contribution >= 4 is 23.5 Å². The Bertz CT molecular complexity index is 966. The van der Waals surface area contributed by atoms with Crippen LogP contribution in [-0.4, -0.2) is 27.9 Å². The van der Waals surface area contributed by atoms with Gasteiger partial charge in [0, 0.05) is 41.7 Å². The number of benzene rings is 1. The predicted octanol–water partition coefficient (Wildman–Crippen LogP) is 3.40. The number of hydrogen-bond acceptors (Lipinski definition) is 4. The van der Waals surface area contributed by atoms with Gasteiger partial charge in [-0.25, -0.2) is 4.79 Å². The normalized spacial score (nSPS) is 17.5. The molecule has 1 atom stereocenters. The van der Waals surface area contributed by atoms with Gasteiger partial charge in [0.15, 0.2) is 0 Å². The molecule has 0 saturated carbocycles. The van der Waals surface area contributed by atoms with Crippen LogP contribution in [0.15, 0.2) is 60.4 Å². The second-order valence-corrected chi connectivity index (χ2v) is 8.09. The maximum Gasteiger partial charge on any atom is 0.331 e. The maximum absolute atomic E-state index is 12.8. The van der Waals surface area contributed by atoms with Crippen molar-refractivity contribution in [3.63, 3.8) is 0 Å². The van der Waals surface area contributed by atoms with Crippen LogP contribution in [0.5, 0.6) is 0 Å². The van der Waals surface area contributed by atoms with Crippen molar-refractivity contribution in [1.82, 2.24) is 10.3 Å². The van der Waals surface area contributed by atoms with Gasteiger partial charge < -0.3 is 15.7 Å². The number of nitrogens with zero attached hydrogens (tertiary/aromatic N) is 1. The molecule has 1 aliphatic carbocycles. The molecule has 0 spiro atoms.